The van der Waals surface area contributed by atoms with Gasteiger partial charge in [0.05, 0.1) is 48.2 Å². The lowest BCUT2D eigenvalue weighted by Crippen LogP contribution is -2.46. The fraction of sp³-hybridized carbons (Fsp3) is 0.300. The van der Waals surface area contributed by atoms with Gasteiger partial charge in [-0.15, -0.1) is 0 Å². The van der Waals surface area contributed by atoms with Crippen LogP contribution in [0.1, 0.15) is 152 Å². The number of carbonyl (C=O) groups excluding carboxylic acids is 15. The van der Waals surface area contributed by atoms with Crippen molar-refractivity contribution in [1.29, 1.82) is 0 Å². The smallest absolute Gasteiger partial charge is 0.341 e. The van der Waals surface area contributed by atoms with Crippen molar-refractivity contribution in [3.05, 3.63) is 244 Å². The molecule has 0 bridgehead atoms. The van der Waals surface area contributed by atoms with Gasteiger partial charge in [-0.1, -0.05) is 109 Å². The highest BCUT2D eigenvalue weighted by molar-refractivity contribution is 5.98. The lowest BCUT2D eigenvalue weighted by Gasteiger charge is -2.36. The highest BCUT2D eigenvalue weighted by Crippen LogP contribution is 2.35. The maximum Gasteiger partial charge on any atom is 0.341 e. The molecular weight excluding hydrogens is 1590 g/mol. The van der Waals surface area contributed by atoms with E-state index >= 15 is 0 Å². The number of hydrogen-bond acceptors (Lipinski definition) is 32. The van der Waals surface area contributed by atoms with E-state index in [9.17, 15) is 71.9 Å². The molecule has 8 rings (SSSR count). The van der Waals surface area contributed by atoms with Crippen LogP contribution in [0.3, 0.4) is 0 Å². The molecule has 8 aromatic rings. The number of rotatable bonds is 44. The first kappa shape index (κ1) is 93.4. The maximum absolute atomic E-state index is 14.7. The molecule has 0 radical (unpaired) electrons. The van der Waals surface area contributed by atoms with Gasteiger partial charge in [0.1, 0.15) is 126 Å². The molecule has 0 amide bonds. The molecular formula is C90H88O32. The first-order valence-corrected chi connectivity index (χ1v) is 37.8. The zero-order chi connectivity index (χ0) is 88.4. The molecule has 32 nitrogen and oxygen atoms in total. The molecule has 0 spiro atoms. The quantitative estimate of drug-likeness (QED) is 0.0148. The van der Waals surface area contributed by atoms with Crippen molar-refractivity contribution in [2.24, 2.45) is 16.2 Å². The molecule has 0 saturated heterocycles. The molecule has 0 heterocycles. The Bertz CT molecular complexity index is 4770. The Morgan fingerprint density at radius 2 is 0.434 bits per heavy atom. The minimum Gasteiger partial charge on any atom is -0.461 e. The van der Waals surface area contributed by atoms with Gasteiger partial charge in [-0.25, -0.2) is 33.6 Å². The van der Waals surface area contributed by atoms with Gasteiger partial charge in [0.25, 0.3) is 0 Å². The van der Waals surface area contributed by atoms with Crippen LogP contribution in [0.2, 0.25) is 0 Å². The molecule has 32 heteroatoms. The Hall–Kier alpha value is -14.1. The van der Waals surface area contributed by atoms with Gasteiger partial charge < -0.3 is 80.5 Å². The first-order valence-electron chi connectivity index (χ1n) is 37.8. The van der Waals surface area contributed by atoms with Crippen molar-refractivity contribution in [2.75, 3.05) is 79.3 Å². The highest BCUT2D eigenvalue weighted by Gasteiger charge is 2.43. The number of hydrogen-bond donors (Lipinski definition) is 0. The zero-order valence-electron chi connectivity index (χ0n) is 67.9. The SMILES string of the molecule is CC(=O)Cc1ccccc1C(=O)OCC(COCC(CCOCCC(COC(=O)c1ccccc1OC(C)=O)(COC(=O)c1ccccc1OC(C)=O)COC(=O)c1ccccc1OC(C)=O)(COCc1ccccc1OC(C)=O)COC(=O)c1ccccc1OC(C)=O)(COC(=O)c1ccccc1OC(C)=O)COC(=O)c1ccccc1OC(C)=O. The molecule has 0 aliphatic carbocycles. The van der Waals surface area contributed by atoms with Gasteiger partial charge in [-0.2, -0.15) is 0 Å². The van der Waals surface area contributed by atoms with Gasteiger partial charge in [0.2, 0.25) is 0 Å². The summed E-state index contributed by atoms with van der Waals surface area (Å²) in [5.74, 6) is -14.8. The summed E-state index contributed by atoms with van der Waals surface area (Å²) in [5, 5.41) is 0. The van der Waals surface area contributed by atoms with E-state index in [2.05, 4.69) is 0 Å². The normalized spacial score (nSPS) is 11.5. The molecule has 0 saturated carbocycles. The Morgan fingerprint density at radius 1 is 0.221 bits per heavy atom. The van der Waals surface area contributed by atoms with E-state index in [1.165, 1.54) is 184 Å². The van der Waals surface area contributed by atoms with Gasteiger partial charge in [-0.3, -0.25) is 38.4 Å². The standard InChI is InChI=1S/C90H88O32/c1-57(91)45-65-25-9-11-27-67(65)81(99)113-54-90(55-114-86(104)72-32-16-23-39-79(72)121-63(7)97,56-115-87(105)73-33-17-24-40-80(73)122-64(8)98)49-108-48-88(47-107-46-66-26-10-18-34-74(66)116-58(2)92,50-109-82(100)68-28-12-19-35-75(68)117-59(3)93)41-43-106-44-42-89(51-110-83(101)69-29-13-20-36-76(69)118-60(4)94,52-111-84(102)70-30-14-21-37-77(70)119-61(5)95)53-112-85(103)71-31-15-22-38-78(71)120-62(6)96/h9-40H,41-56H2,1-8H3. The summed E-state index contributed by atoms with van der Waals surface area (Å²) in [7, 11) is 0. The van der Waals surface area contributed by atoms with E-state index in [0.717, 1.165) is 41.5 Å². The van der Waals surface area contributed by atoms with Gasteiger partial charge >= 0.3 is 83.6 Å². The first-order chi connectivity index (χ1) is 58.4. The van der Waals surface area contributed by atoms with Crippen LogP contribution in [0.15, 0.2) is 194 Å². The molecule has 1 unspecified atom stereocenters. The van der Waals surface area contributed by atoms with Gasteiger partial charge in [0, 0.05) is 73.7 Å². The minimum atomic E-state index is -2.09. The molecule has 0 fully saturated rings. The summed E-state index contributed by atoms with van der Waals surface area (Å²) in [5.41, 5.74) is -6.87. The van der Waals surface area contributed by atoms with E-state index in [1.807, 2.05) is 0 Å². The van der Waals surface area contributed by atoms with Crippen molar-refractivity contribution < 1.29 is 152 Å². The molecule has 640 valence electrons. The third-order valence-electron chi connectivity index (χ3n) is 17.7. The summed E-state index contributed by atoms with van der Waals surface area (Å²) in [4.78, 5) is 201. The Kier molecular flexibility index (Phi) is 35.0. The van der Waals surface area contributed by atoms with Crippen molar-refractivity contribution in [3.8, 4) is 40.2 Å². The number of benzene rings is 8. The van der Waals surface area contributed by atoms with Crippen LogP contribution in [0, 0.1) is 16.2 Å². The Balaban J connectivity index is 1.26. The third-order valence-corrected chi connectivity index (χ3v) is 17.7. The Morgan fingerprint density at radius 3 is 0.721 bits per heavy atom. The second-order valence-electron chi connectivity index (χ2n) is 27.9. The van der Waals surface area contributed by atoms with Crippen molar-refractivity contribution >= 4 is 89.4 Å². The average molecular weight is 1680 g/mol. The summed E-state index contributed by atoms with van der Waals surface area (Å²) in [6.07, 6.45) is -0.967. The molecule has 0 N–H and O–H groups in total. The molecule has 8 aromatic carbocycles. The van der Waals surface area contributed by atoms with Crippen LogP contribution in [0.5, 0.6) is 40.2 Å². The summed E-state index contributed by atoms with van der Waals surface area (Å²) < 4.78 is 100. The van der Waals surface area contributed by atoms with Crippen LogP contribution in [0.25, 0.3) is 0 Å². The van der Waals surface area contributed by atoms with Crippen LogP contribution in [-0.2, 0) is 98.8 Å². The van der Waals surface area contributed by atoms with Crippen LogP contribution < -0.4 is 33.2 Å². The van der Waals surface area contributed by atoms with Crippen molar-refractivity contribution in [1.82, 2.24) is 0 Å². The molecule has 1 atom stereocenters. The topological polar surface area (TPSA) is 413 Å². The van der Waals surface area contributed by atoms with Gasteiger partial charge in [0.15, 0.2) is 0 Å². The number of Topliss-reactive ketones (excluding diaryl/α,β-unsaturated/α-hetero) is 1. The maximum atomic E-state index is 14.7. The molecule has 0 aliphatic heterocycles. The number of esters is 14. The molecule has 0 aromatic heterocycles. The van der Waals surface area contributed by atoms with Crippen LogP contribution in [-0.4, -0.2) is 169 Å². The van der Waals surface area contributed by atoms with Crippen LogP contribution >= 0.6 is 0 Å². The highest BCUT2D eigenvalue weighted by atomic mass is 16.6. The predicted octanol–water partition coefficient (Wildman–Crippen LogP) is 11.6. The summed E-state index contributed by atoms with van der Waals surface area (Å²) >= 11 is 0. The van der Waals surface area contributed by atoms with E-state index in [0.29, 0.717) is 5.56 Å². The van der Waals surface area contributed by atoms with Crippen molar-refractivity contribution in [2.45, 2.75) is 81.3 Å². The molecule has 0 aliphatic rings. The lowest BCUT2D eigenvalue weighted by atomic mass is 9.86. The van der Waals surface area contributed by atoms with E-state index in [-0.39, 0.29) is 110 Å². The van der Waals surface area contributed by atoms with E-state index in [4.69, 9.17) is 80.5 Å². The summed E-state index contributed by atoms with van der Waals surface area (Å²) in [6.45, 7) is -0.0570. The number of ketones is 1. The largest absolute Gasteiger partial charge is 0.461 e. The minimum absolute atomic E-state index is 0.0768. The lowest BCUT2D eigenvalue weighted by molar-refractivity contribution is -0.133. The fourth-order valence-electron chi connectivity index (χ4n) is 11.8. The third kappa shape index (κ3) is 28.9. The molecule has 122 heavy (non-hydrogen) atoms. The number of carbonyl (C=O) groups is 15. The number of para-hydroxylation sites is 7. The summed E-state index contributed by atoms with van der Waals surface area (Å²) in [6, 6.07) is 45.6. The number of ether oxygens (including phenoxy) is 17. The average Bonchev–Trinajstić information content (AvgIpc) is 0.822. The monoisotopic (exact) mass is 1680 g/mol. The Labute approximate surface area is 700 Å². The fourth-order valence-corrected chi connectivity index (χ4v) is 11.8. The van der Waals surface area contributed by atoms with Crippen molar-refractivity contribution in [3.63, 3.8) is 0 Å². The van der Waals surface area contributed by atoms with E-state index < -0.39 is 186 Å². The second kappa shape index (κ2) is 45.7. The predicted molar refractivity (Wildman–Crippen MR) is 425 cm³/mol. The second-order valence-corrected chi connectivity index (χ2v) is 27.9. The van der Waals surface area contributed by atoms with Gasteiger partial charge in [-0.05, 0) is 110 Å². The zero-order valence-corrected chi connectivity index (χ0v) is 67.9. The van der Waals surface area contributed by atoms with Crippen LogP contribution in [0.4, 0.5) is 0 Å². The van der Waals surface area contributed by atoms with E-state index in [1.54, 1.807) is 24.3 Å².